The molecule has 0 spiro atoms. The minimum atomic E-state index is 0.239. The van der Waals surface area contributed by atoms with Crippen LogP contribution < -0.4 is 5.32 Å². The van der Waals surface area contributed by atoms with Crippen LogP contribution in [-0.2, 0) is 9.47 Å². The van der Waals surface area contributed by atoms with Crippen molar-refractivity contribution in [3.05, 3.63) is 35.4 Å². The van der Waals surface area contributed by atoms with Crippen LogP contribution in [0.2, 0.25) is 0 Å². The minimum absolute atomic E-state index is 0.239. The van der Waals surface area contributed by atoms with Gasteiger partial charge in [-0.25, -0.2) is 0 Å². The Bertz CT molecular complexity index is 322. The highest BCUT2D eigenvalue weighted by Gasteiger charge is 2.09. The van der Waals surface area contributed by atoms with E-state index in [0.717, 1.165) is 0 Å². The van der Waals surface area contributed by atoms with E-state index in [1.807, 2.05) is 7.05 Å². The largest absolute Gasteiger partial charge is 0.382 e. The van der Waals surface area contributed by atoms with Gasteiger partial charge in [-0.2, -0.15) is 0 Å². The molecule has 0 aliphatic rings. The Kier molecular flexibility index (Phi) is 6.94. The van der Waals surface area contributed by atoms with Gasteiger partial charge in [-0.15, -0.1) is 0 Å². The first-order valence-electron chi connectivity index (χ1n) is 6.52. The normalized spacial score (nSPS) is 12.9. The van der Waals surface area contributed by atoms with E-state index in [4.69, 9.17) is 9.47 Å². The maximum absolute atomic E-state index is 5.57. The number of hydrogen-bond donors (Lipinski definition) is 1. The van der Waals surface area contributed by atoms with E-state index >= 15 is 0 Å². The summed E-state index contributed by atoms with van der Waals surface area (Å²) in [4.78, 5) is 0. The third-order valence-electron chi connectivity index (χ3n) is 3.07. The highest BCUT2D eigenvalue weighted by molar-refractivity contribution is 5.26. The Hall–Kier alpha value is -0.900. The van der Waals surface area contributed by atoms with E-state index in [1.165, 1.54) is 11.1 Å². The van der Waals surface area contributed by atoms with Crippen LogP contribution in [0, 0.1) is 0 Å². The highest BCUT2D eigenvalue weighted by Crippen LogP contribution is 2.18. The van der Waals surface area contributed by atoms with Crippen LogP contribution in [0.15, 0.2) is 24.3 Å². The first-order chi connectivity index (χ1) is 8.69. The molecule has 3 heteroatoms. The first-order valence-corrected chi connectivity index (χ1v) is 6.52. The average Bonchev–Trinajstić information content (AvgIpc) is 2.39. The number of methoxy groups -OCH3 is 1. The third-order valence-corrected chi connectivity index (χ3v) is 3.07. The molecule has 0 aliphatic heterocycles. The van der Waals surface area contributed by atoms with Crippen LogP contribution in [0.1, 0.15) is 36.9 Å². The summed E-state index contributed by atoms with van der Waals surface area (Å²) in [6.07, 6.45) is 0. The zero-order valence-electron chi connectivity index (χ0n) is 11.9. The van der Waals surface area contributed by atoms with Gasteiger partial charge in [-0.3, -0.25) is 0 Å². The molecule has 0 bridgehead atoms. The van der Waals surface area contributed by atoms with Crippen molar-refractivity contribution in [2.45, 2.75) is 25.8 Å². The summed E-state index contributed by atoms with van der Waals surface area (Å²) in [7, 11) is 3.64. The summed E-state index contributed by atoms with van der Waals surface area (Å²) < 4.78 is 10.5. The molecule has 0 saturated carbocycles. The minimum Gasteiger partial charge on any atom is -0.382 e. The molecule has 0 radical (unpaired) electrons. The molecule has 102 valence electrons. The van der Waals surface area contributed by atoms with Gasteiger partial charge in [0.1, 0.15) is 0 Å². The van der Waals surface area contributed by atoms with Crippen molar-refractivity contribution in [1.82, 2.24) is 5.32 Å². The Labute approximate surface area is 110 Å². The summed E-state index contributed by atoms with van der Waals surface area (Å²) >= 11 is 0. The van der Waals surface area contributed by atoms with Gasteiger partial charge in [0.15, 0.2) is 0 Å². The van der Waals surface area contributed by atoms with Gasteiger partial charge < -0.3 is 14.8 Å². The maximum Gasteiger partial charge on any atom is 0.0701 e. The van der Waals surface area contributed by atoms with E-state index in [0.29, 0.717) is 25.7 Å². The Morgan fingerprint density at radius 2 is 1.67 bits per heavy atom. The van der Waals surface area contributed by atoms with E-state index in [-0.39, 0.29) is 6.04 Å². The lowest BCUT2D eigenvalue weighted by atomic mass is 9.99. The van der Waals surface area contributed by atoms with Crippen molar-refractivity contribution in [3.8, 4) is 0 Å². The molecule has 18 heavy (non-hydrogen) atoms. The average molecular weight is 251 g/mol. The molecule has 3 nitrogen and oxygen atoms in total. The molecule has 1 aromatic carbocycles. The van der Waals surface area contributed by atoms with Gasteiger partial charge in [0.05, 0.1) is 25.9 Å². The van der Waals surface area contributed by atoms with Crippen LogP contribution in [-0.4, -0.2) is 34.0 Å². The van der Waals surface area contributed by atoms with Gasteiger partial charge >= 0.3 is 0 Å². The molecule has 0 aliphatic carbocycles. The summed E-state index contributed by atoms with van der Waals surface area (Å²) in [5.74, 6) is 0.574. The second-order valence-corrected chi connectivity index (χ2v) is 4.73. The van der Waals surface area contributed by atoms with E-state index in [9.17, 15) is 0 Å². The van der Waals surface area contributed by atoms with E-state index in [1.54, 1.807) is 7.11 Å². The monoisotopic (exact) mass is 251 g/mol. The van der Waals surface area contributed by atoms with Crippen molar-refractivity contribution >= 4 is 0 Å². The second kappa shape index (κ2) is 8.25. The van der Waals surface area contributed by atoms with E-state index < -0.39 is 0 Å². The fourth-order valence-electron chi connectivity index (χ4n) is 1.80. The lowest BCUT2D eigenvalue weighted by Crippen LogP contribution is -2.22. The van der Waals surface area contributed by atoms with Gasteiger partial charge in [0.2, 0.25) is 0 Å². The SMILES string of the molecule is CNC(COCCOC)c1ccc(C(C)C)cc1. The fourth-order valence-corrected chi connectivity index (χ4v) is 1.80. The molecular formula is C15H25NO2. The van der Waals surface area contributed by atoms with Crippen molar-refractivity contribution in [2.75, 3.05) is 34.0 Å². The van der Waals surface area contributed by atoms with Crippen LogP contribution in [0.25, 0.3) is 0 Å². The Morgan fingerprint density at radius 1 is 1.06 bits per heavy atom. The Morgan fingerprint density at radius 3 is 2.17 bits per heavy atom. The molecule has 1 rings (SSSR count). The molecule has 0 aromatic heterocycles. The molecule has 0 saturated heterocycles. The van der Waals surface area contributed by atoms with Gasteiger partial charge in [-0.1, -0.05) is 38.1 Å². The zero-order chi connectivity index (χ0) is 13.4. The van der Waals surface area contributed by atoms with Crippen LogP contribution in [0.3, 0.4) is 0 Å². The molecule has 0 heterocycles. The summed E-state index contributed by atoms with van der Waals surface area (Å²) in [5, 5.41) is 3.28. The number of nitrogens with one attached hydrogen (secondary N) is 1. The molecule has 1 aromatic rings. The lowest BCUT2D eigenvalue weighted by molar-refractivity contribution is 0.0596. The molecule has 0 amide bonds. The van der Waals surface area contributed by atoms with Gasteiger partial charge in [0.25, 0.3) is 0 Å². The van der Waals surface area contributed by atoms with Crippen LogP contribution in [0.5, 0.6) is 0 Å². The summed E-state index contributed by atoms with van der Waals surface area (Å²) in [6.45, 7) is 6.36. The number of benzene rings is 1. The van der Waals surface area contributed by atoms with Crippen molar-refractivity contribution in [2.24, 2.45) is 0 Å². The fraction of sp³-hybridized carbons (Fsp3) is 0.600. The predicted molar refractivity (Wildman–Crippen MR) is 75.0 cm³/mol. The Balaban J connectivity index is 2.53. The smallest absolute Gasteiger partial charge is 0.0701 e. The molecule has 1 unspecified atom stereocenters. The van der Waals surface area contributed by atoms with Gasteiger partial charge in [-0.05, 0) is 24.1 Å². The number of hydrogen-bond acceptors (Lipinski definition) is 3. The molecular weight excluding hydrogens is 226 g/mol. The number of ether oxygens (including phenoxy) is 2. The third kappa shape index (κ3) is 4.77. The van der Waals surface area contributed by atoms with Crippen LogP contribution in [0.4, 0.5) is 0 Å². The first kappa shape index (κ1) is 15.2. The molecule has 0 fully saturated rings. The predicted octanol–water partition coefficient (Wildman–Crippen LogP) is 2.73. The summed E-state index contributed by atoms with van der Waals surface area (Å²) in [5.41, 5.74) is 2.63. The van der Waals surface area contributed by atoms with Crippen LogP contribution >= 0.6 is 0 Å². The number of rotatable bonds is 8. The quantitative estimate of drug-likeness (QED) is 0.721. The lowest BCUT2D eigenvalue weighted by Gasteiger charge is -2.17. The zero-order valence-corrected chi connectivity index (χ0v) is 11.9. The summed E-state index contributed by atoms with van der Waals surface area (Å²) in [6, 6.07) is 8.98. The second-order valence-electron chi connectivity index (χ2n) is 4.73. The highest BCUT2D eigenvalue weighted by atomic mass is 16.5. The van der Waals surface area contributed by atoms with Crippen molar-refractivity contribution < 1.29 is 9.47 Å². The van der Waals surface area contributed by atoms with Gasteiger partial charge in [0, 0.05) is 7.11 Å². The van der Waals surface area contributed by atoms with Crippen molar-refractivity contribution in [1.29, 1.82) is 0 Å². The topological polar surface area (TPSA) is 30.5 Å². The van der Waals surface area contributed by atoms with E-state index in [2.05, 4.69) is 43.4 Å². The maximum atomic E-state index is 5.57. The van der Waals surface area contributed by atoms with Crippen molar-refractivity contribution in [3.63, 3.8) is 0 Å². The standard InChI is InChI=1S/C15H25NO2/c1-12(2)13-5-7-14(8-6-13)15(16-3)11-18-10-9-17-4/h5-8,12,15-16H,9-11H2,1-4H3. The molecule has 1 N–H and O–H groups in total. The molecule has 1 atom stereocenters. The number of likely N-dealkylation sites (N-methyl/N-ethyl adjacent to an activating group) is 1.